The Morgan fingerprint density at radius 2 is 2.22 bits per heavy atom. The van der Waals surface area contributed by atoms with Crippen LogP contribution in [0.4, 0.5) is 0 Å². The van der Waals surface area contributed by atoms with Crippen molar-refractivity contribution in [2.75, 3.05) is 7.11 Å². The van der Waals surface area contributed by atoms with Crippen molar-refractivity contribution in [2.45, 2.75) is 30.3 Å². The number of rotatable bonds is 6. The topological polar surface area (TPSA) is 89.7 Å². The third-order valence-electron chi connectivity index (χ3n) is 3.58. The molecule has 23 heavy (non-hydrogen) atoms. The maximum Gasteiger partial charge on any atom is 0.245 e. The molecule has 0 saturated heterocycles. The van der Waals surface area contributed by atoms with Crippen molar-refractivity contribution >= 4 is 10.0 Å². The SMILES string of the molecule is COc1coc(CN(C2CC2)S(=O)(=O)c2cccnc2)cc1=O. The minimum absolute atomic E-state index is 0.00112. The maximum atomic E-state index is 12.8. The molecule has 1 fully saturated rings. The third-order valence-corrected chi connectivity index (χ3v) is 5.46. The number of ether oxygens (including phenoxy) is 1. The van der Waals surface area contributed by atoms with E-state index in [9.17, 15) is 13.2 Å². The van der Waals surface area contributed by atoms with Crippen LogP contribution in [-0.2, 0) is 16.6 Å². The molecule has 7 nitrogen and oxygen atoms in total. The molecular weight excluding hydrogens is 320 g/mol. The van der Waals surface area contributed by atoms with Gasteiger partial charge in [0.1, 0.15) is 16.9 Å². The largest absolute Gasteiger partial charge is 0.490 e. The summed E-state index contributed by atoms with van der Waals surface area (Å²) in [5.41, 5.74) is -0.344. The van der Waals surface area contributed by atoms with Gasteiger partial charge in [0.2, 0.25) is 21.2 Å². The predicted molar refractivity (Wildman–Crippen MR) is 81.5 cm³/mol. The summed E-state index contributed by atoms with van der Waals surface area (Å²) in [5.74, 6) is 0.358. The highest BCUT2D eigenvalue weighted by Gasteiger charge is 2.38. The molecule has 0 atom stereocenters. The predicted octanol–water partition coefficient (Wildman–Crippen LogP) is 1.40. The Hall–Kier alpha value is -2.19. The number of pyridine rings is 1. The van der Waals surface area contributed by atoms with Gasteiger partial charge < -0.3 is 9.15 Å². The molecule has 8 heteroatoms. The number of sulfonamides is 1. The van der Waals surface area contributed by atoms with Crippen LogP contribution in [0.2, 0.25) is 0 Å². The second kappa shape index (κ2) is 6.13. The van der Waals surface area contributed by atoms with Crippen LogP contribution in [0.15, 0.2) is 51.0 Å². The van der Waals surface area contributed by atoms with Crippen molar-refractivity contribution in [3.63, 3.8) is 0 Å². The lowest BCUT2D eigenvalue weighted by Crippen LogP contribution is -2.33. The van der Waals surface area contributed by atoms with Crippen LogP contribution in [0.3, 0.4) is 0 Å². The summed E-state index contributed by atoms with van der Waals surface area (Å²) in [4.78, 5) is 15.8. The van der Waals surface area contributed by atoms with Crippen LogP contribution in [0, 0.1) is 0 Å². The van der Waals surface area contributed by atoms with Crippen LogP contribution >= 0.6 is 0 Å². The van der Waals surface area contributed by atoms with Gasteiger partial charge in [-0.05, 0) is 25.0 Å². The summed E-state index contributed by atoms with van der Waals surface area (Å²) in [5, 5.41) is 0. The van der Waals surface area contributed by atoms with Gasteiger partial charge in [-0.3, -0.25) is 9.78 Å². The van der Waals surface area contributed by atoms with Crippen molar-refractivity contribution in [1.29, 1.82) is 0 Å². The van der Waals surface area contributed by atoms with Crippen molar-refractivity contribution in [3.05, 3.63) is 52.8 Å². The van der Waals surface area contributed by atoms with E-state index >= 15 is 0 Å². The molecule has 0 spiro atoms. The van der Waals surface area contributed by atoms with Gasteiger partial charge in [0.05, 0.1) is 13.7 Å². The highest BCUT2D eigenvalue weighted by atomic mass is 32.2. The molecule has 0 N–H and O–H groups in total. The Balaban J connectivity index is 1.91. The lowest BCUT2D eigenvalue weighted by molar-refractivity contribution is 0.336. The van der Waals surface area contributed by atoms with Gasteiger partial charge in [0, 0.05) is 24.5 Å². The van der Waals surface area contributed by atoms with E-state index in [0.29, 0.717) is 0 Å². The van der Waals surface area contributed by atoms with Crippen LogP contribution in [-0.4, -0.2) is 30.9 Å². The van der Waals surface area contributed by atoms with Gasteiger partial charge in [0.15, 0.2) is 0 Å². The summed E-state index contributed by atoms with van der Waals surface area (Å²) < 4.78 is 37.1. The van der Waals surface area contributed by atoms with Gasteiger partial charge in [-0.2, -0.15) is 4.31 Å². The lowest BCUT2D eigenvalue weighted by Gasteiger charge is -2.21. The second-order valence-corrected chi connectivity index (χ2v) is 7.14. The first-order chi connectivity index (χ1) is 11.0. The van der Waals surface area contributed by atoms with E-state index in [1.54, 1.807) is 6.07 Å². The van der Waals surface area contributed by atoms with E-state index in [1.165, 1.54) is 42.2 Å². The van der Waals surface area contributed by atoms with Gasteiger partial charge >= 0.3 is 0 Å². The van der Waals surface area contributed by atoms with E-state index in [0.717, 1.165) is 12.8 Å². The van der Waals surface area contributed by atoms with Gasteiger partial charge in [-0.1, -0.05) is 0 Å². The molecule has 1 aliphatic carbocycles. The van der Waals surface area contributed by atoms with Gasteiger partial charge in [-0.15, -0.1) is 0 Å². The van der Waals surface area contributed by atoms with Crippen molar-refractivity contribution in [2.24, 2.45) is 0 Å². The molecule has 1 saturated carbocycles. The second-order valence-electron chi connectivity index (χ2n) is 5.25. The van der Waals surface area contributed by atoms with Gasteiger partial charge in [-0.25, -0.2) is 8.42 Å². The molecule has 0 aromatic carbocycles. The zero-order chi connectivity index (χ0) is 16.4. The molecule has 3 rings (SSSR count). The van der Waals surface area contributed by atoms with E-state index < -0.39 is 10.0 Å². The average Bonchev–Trinajstić information content (AvgIpc) is 3.38. The molecule has 0 unspecified atom stereocenters. The minimum atomic E-state index is -3.69. The zero-order valence-corrected chi connectivity index (χ0v) is 13.3. The molecule has 2 aromatic rings. The minimum Gasteiger partial charge on any atom is -0.490 e. The highest BCUT2D eigenvalue weighted by molar-refractivity contribution is 7.89. The Kier molecular flexibility index (Phi) is 4.18. The lowest BCUT2D eigenvalue weighted by atomic mass is 10.3. The Bertz CT molecular complexity index is 844. The van der Waals surface area contributed by atoms with Crippen LogP contribution in [0.1, 0.15) is 18.6 Å². The van der Waals surface area contributed by atoms with Gasteiger partial charge in [0.25, 0.3) is 0 Å². The molecule has 0 amide bonds. The number of methoxy groups -OCH3 is 1. The molecule has 122 valence electrons. The zero-order valence-electron chi connectivity index (χ0n) is 12.5. The number of hydrogen-bond donors (Lipinski definition) is 0. The van der Waals surface area contributed by atoms with Crippen LogP contribution < -0.4 is 10.2 Å². The van der Waals surface area contributed by atoms with Crippen LogP contribution in [0.5, 0.6) is 5.75 Å². The fourth-order valence-electron chi connectivity index (χ4n) is 2.23. The fraction of sp³-hybridized carbons (Fsp3) is 0.333. The van der Waals surface area contributed by atoms with E-state index in [4.69, 9.17) is 9.15 Å². The van der Waals surface area contributed by atoms with E-state index in [2.05, 4.69) is 4.98 Å². The standard InChI is InChI=1S/C15H16N2O5S/c1-21-15-10-22-12(7-14(15)18)9-17(11-4-5-11)23(19,20)13-3-2-6-16-8-13/h2-3,6-8,10-11H,4-5,9H2,1H3. The molecule has 2 aromatic heterocycles. The first-order valence-corrected chi connectivity index (χ1v) is 8.54. The van der Waals surface area contributed by atoms with E-state index in [1.807, 2.05) is 0 Å². The van der Waals surface area contributed by atoms with Crippen molar-refractivity contribution < 1.29 is 17.6 Å². The van der Waals surface area contributed by atoms with E-state index in [-0.39, 0.29) is 34.4 Å². The fourth-order valence-corrected chi connectivity index (χ4v) is 3.85. The quantitative estimate of drug-likeness (QED) is 0.792. The number of aromatic nitrogens is 1. The molecule has 0 radical (unpaired) electrons. The summed E-state index contributed by atoms with van der Waals surface area (Å²) in [6.45, 7) is 0.00112. The third kappa shape index (κ3) is 3.27. The van der Waals surface area contributed by atoms with Crippen molar-refractivity contribution in [3.8, 4) is 5.75 Å². The molecular formula is C15H16N2O5S. The number of nitrogens with zero attached hydrogens (tertiary/aromatic N) is 2. The monoisotopic (exact) mass is 336 g/mol. The Labute approximate surface area is 133 Å². The molecule has 1 aliphatic rings. The normalized spacial score (nSPS) is 14.9. The Morgan fingerprint density at radius 1 is 1.43 bits per heavy atom. The molecule has 0 aliphatic heterocycles. The molecule has 2 heterocycles. The Morgan fingerprint density at radius 3 is 2.78 bits per heavy atom. The summed E-state index contributed by atoms with van der Waals surface area (Å²) in [6.07, 6.45) is 5.61. The average molecular weight is 336 g/mol. The summed E-state index contributed by atoms with van der Waals surface area (Å²) in [6, 6.07) is 4.26. The van der Waals surface area contributed by atoms with Crippen LogP contribution in [0.25, 0.3) is 0 Å². The maximum absolute atomic E-state index is 12.8. The summed E-state index contributed by atoms with van der Waals surface area (Å²) in [7, 11) is -2.32. The highest BCUT2D eigenvalue weighted by Crippen LogP contribution is 2.33. The smallest absolute Gasteiger partial charge is 0.245 e. The molecule has 0 bridgehead atoms. The summed E-state index contributed by atoms with van der Waals surface area (Å²) >= 11 is 0. The number of hydrogen-bond acceptors (Lipinski definition) is 6. The first-order valence-electron chi connectivity index (χ1n) is 7.10. The van der Waals surface area contributed by atoms with Crippen molar-refractivity contribution in [1.82, 2.24) is 9.29 Å². The first kappa shape index (κ1) is 15.7.